The van der Waals surface area contributed by atoms with Crippen LogP contribution in [0.5, 0.6) is 5.88 Å². The van der Waals surface area contributed by atoms with Gasteiger partial charge in [0.15, 0.2) is 0 Å². The molecule has 2 amide bonds. The second kappa shape index (κ2) is 7.75. The fourth-order valence-electron chi connectivity index (χ4n) is 2.41. The minimum atomic E-state index is -2.91. The molecule has 0 bridgehead atoms. The molecule has 1 heterocycles. The van der Waals surface area contributed by atoms with Gasteiger partial charge in [0.2, 0.25) is 5.88 Å². The van der Waals surface area contributed by atoms with Gasteiger partial charge in [-0.25, -0.2) is 9.78 Å². The lowest BCUT2D eigenvalue weighted by Gasteiger charge is -2.12. The molecule has 0 unspecified atom stereocenters. The first-order chi connectivity index (χ1) is 10.1. The summed E-state index contributed by atoms with van der Waals surface area (Å²) in [6.45, 7) is -1.99. The van der Waals surface area contributed by atoms with Gasteiger partial charge in [-0.05, 0) is 30.4 Å². The normalized spacial score (nSPS) is 15.2. The van der Waals surface area contributed by atoms with Crippen molar-refractivity contribution >= 4 is 6.03 Å². The molecule has 0 aromatic carbocycles. The molecule has 0 aliphatic heterocycles. The first-order valence-corrected chi connectivity index (χ1v) is 7.05. The van der Waals surface area contributed by atoms with Gasteiger partial charge in [0.25, 0.3) is 0 Å². The molecule has 1 aliphatic carbocycles. The summed E-state index contributed by atoms with van der Waals surface area (Å²) in [7, 11) is 0. The van der Waals surface area contributed by atoms with Crippen molar-refractivity contribution in [3.05, 3.63) is 23.9 Å². The van der Waals surface area contributed by atoms with Crippen molar-refractivity contribution in [2.75, 3.05) is 6.54 Å². The molecule has 2 N–H and O–H groups in total. The smallest absolute Gasteiger partial charge is 0.388 e. The Hall–Kier alpha value is -1.92. The van der Waals surface area contributed by atoms with E-state index in [4.69, 9.17) is 0 Å². The van der Waals surface area contributed by atoms with Gasteiger partial charge in [0.1, 0.15) is 0 Å². The van der Waals surface area contributed by atoms with E-state index in [9.17, 15) is 13.6 Å². The maximum atomic E-state index is 12.1. The predicted octanol–water partition coefficient (Wildman–Crippen LogP) is 2.67. The zero-order chi connectivity index (χ0) is 15.1. The van der Waals surface area contributed by atoms with Crippen LogP contribution in [-0.2, 0) is 6.54 Å². The topological polar surface area (TPSA) is 63.2 Å². The molecule has 0 radical (unpaired) electrons. The summed E-state index contributed by atoms with van der Waals surface area (Å²) in [6, 6.07) is 2.76. The number of aromatic nitrogens is 1. The van der Waals surface area contributed by atoms with Gasteiger partial charge in [-0.15, -0.1) is 0 Å². The summed E-state index contributed by atoms with van der Waals surface area (Å²) < 4.78 is 28.3. The highest BCUT2D eigenvalue weighted by Crippen LogP contribution is 2.23. The van der Waals surface area contributed by atoms with Crippen LogP contribution in [0.4, 0.5) is 13.6 Å². The van der Waals surface area contributed by atoms with Crippen molar-refractivity contribution in [1.82, 2.24) is 15.6 Å². The van der Waals surface area contributed by atoms with E-state index in [1.807, 2.05) is 0 Å². The maximum absolute atomic E-state index is 12.1. The van der Waals surface area contributed by atoms with Gasteiger partial charge in [-0.3, -0.25) is 0 Å². The summed E-state index contributed by atoms with van der Waals surface area (Å²) in [6.07, 6.45) is 6.17. The molecule has 0 saturated heterocycles. The number of carbonyl (C=O) groups excluding carboxylic acids is 1. The van der Waals surface area contributed by atoms with Crippen LogP contribution in [0, 0.1) is 5.92 Å². The molecule has 0 atom stereocenters. The lowest BCUT2D eigenvalue weighted by Crippen LogP contribution is -2.37. The minimum absolute atomic E-state index is 0.157. The Bertz CT molecular complexity index is 465. The lowest BCUT2D eigenvalue weighted by atomic mass is 10.1. The van der Waals surface area contributed by atoms with E-state index in [1.165, 1.54) is 37.9 Å². The monoisotopic (exact) mass is 299 g/mol. The number of amides is 2. The summed E-state index contributed by atoms with van der Waals surface area (Å²) in [4.78, 5) is 15.3. The van der Waals surface area contributed by atoms with Crippen molar-refractivity contribution in [2.24, 2.45) is 5.92 Å². The molecule has 1 fully saturated rings. The third-order valence-corrected chi connectivity index (χ3v) is 3.49. The van der Waals surface area contributed by atoms with Crippen molar-refractivity contribution in [2.45, 2.75) is 38.8 Å². The van der Waals surface area contributed by atoms with Crippen molar-refractivity contribution in [3.8, 4) is 5.88 Å². The maximum Gasteiger partial charge on any atom is 0.388 e. The Morgan fingerprint density at radius 3 is 2.86 bits per heavy atom. The summed E-state index contributed by atoms with van der Waals surface area (Å²) in [5.74, 6) is 0.415. The average molecular weight is 299 g/mol. The van der Waals surface area contributed by atoms with Gasteiger partial charge >= 0.3 is 12.6 Å². The van der Waals surface area contributed by atoms with Crippen LogP contribution in [0.2, 0.25) is 0 Å². The molecule has 1 aliphatic rings. The van der Waals surface area contributed by atoms with E-state index in [1.54, 1.807) is 6.07 Å². The van der Waals surface area contributed by atoms with E-state index in [0.29, 0.717) is 18.0 Å². The standard InChI is InChI=1S/C14H19F2N3O2/c15-13(16)21-12-7-11(5-6-17-12)9-19-14(20)18-8-10-3-1-2-4-10/h5-7,10,13H,1-4,8-9H2,(H2,18,19,20). The van der Waals surface area contributed by atoms with Crippen molar-refractivity contribution in [1.29, 1.82) is 0 Å². The van der Waals surface area contributed by atoms with Crippen LogP contribution < -0.4 is 15.4 Å². The number of pyridine rings is 1. The number of rotatable bonds is 6. The highest BCUT2D eigenvalue weighted by Gasteiger charge is 2.15. The quantitative estimate of drug-likeness (QED) is 0.849. The number of alkyl halides is 2. The number of carbonyl (C=O) groups is 1. The molecule has 21 heavy (non-hydrogen) atoms. The second-order valence-electron chi connectivity index (χ2n) is 5.09. The largest absolute Gasteiger partial charge is 0.417 e. The van der Waals surface area contributed by atoms with Gasteiger partial charge in [-0.2, -0.15) is 8.78 Å². The Labute approximate surface area is 122 Å². The number of urea groups is 1. The fraction of sp³-hybridized carbons (Fsp3) is 0.571. The zero-order valence-corrected chi connectivity index (χ0v) is 11.6. The molecule has 2 rings (SSSR count). The van der Waals surface area contributed by atoms with E-state index in [-0.39, 0.29) is 18.5 Å². The first-order valence-electron chi connectivity index (χ1n) is 7.05. The molecular formula is C14H19F2N3O2. The van der Waals surface area contributed by atoms with Gasteiger partial charge in [0, 0.05) is 25.4 Å². The van der Waals surface area contributed by atoms with Gasteiger partial charge in [0.05, 0.1) is 0 Å². The minimum Gasteiger partial charge on any atom is -0.417 e. The summed E-state index contributed by atoms with van der Waals surface area (Å²) in [5, 5.41) is 5.51. The lowest BCUT2D eigenvalue weighted by molar-refractivity contribution is -0.0528. The third kappa shape index (κ3) is 5.53. The first kappa shape index (κ1) is 15.5. The number of hydrogen-bond donors (Lipinski definition) is 2. The molecule has 0 spiro atoms. The Kier molecular flexibility index (Phi) is 5.71. The highest BCUT2D eigenvalue weighted by atomic mass is 19.3. The second-order valence-corrected chi connectivity index (χ2v) is 5.09. The molecule has 7 heteroatoms. The Balaban J connectivity index is 1.72. The van der Waals surface area contributed by atoms with Crippen LogP contribution in [0.3, 0.4) is 0 Å². The Morgan fingerprint density at radius 1 is 1.38 bits per heavy atom. The van der Waals surface area contributed by atoms with Crippen LogP contribution in [-0.4, -0.2) is 24.2 Å². The molecule has 1 saturated carbocycles. The van der Waals surface area contributed by atoms with Crippen LogP contribution >= 0.6 is 0 Å². The Morgan fingerprint density at radius 2 is 2.14 bits per heavy atom. The van der Waals surface area contributed by atoms with Gasteiger partial charge < -0.3 is 15.4 Å². The van der Waals surface area contributed by atoms with Crippen LogP contribution in [0.1, 0.15) is 31.2 Å². The van der Waals surface area contributed by atoms with E-state index in [0.717, 1.165) is 0 Å². The molecule has 116 valence electrons. The number of halogens is 2. The molecule has 1 aromatic heterocycles. The number of nitrogens with zero attached hydrogens (tertiary/aromatic N) is 1. The number of ether oxygens (including phenoxy) is 1. The molecular weight excluding hydrogens is 280 g/mol. The fourth-order valence-corrected chi connectivity index (χ4v) is 2.41. The zero-order valence-electron chi connectivity index (χ0n) is 11.6. The predicted molar refractivity (Wildman–Crippen MR) is 73.1 cm³/mol. The number of hydrogen-bond acceptors (Lipinski definition) is 3. The highest BCUT2D eigenvalue weighted by molar-refractivity contribution is 5.73. The van der Waals surface area contributed by atoms with E-state index >= 15 is 0 Å². The molecule has 5 nitrogen and oxygen atoms in total. The third-order valence-electron chi connectivity index (χ3n) is 3.49. The van der Waals surface area contributed by atoms with Crippen LogP contribution in [0.15, 0.2) is 18.3 Å². The summed E-state index contributed by atoms with van der Waals surface area (Å²) in [5.41, 5.74) is 0.650. The SMILES string of the molecule is O=C(NCc1ccnc(OC(F)F)c1)NCC1CCCC1. The molecule has 1 aromatic rings. The average Bonchev–Trinajstić information content (AvgIpc) is 2.96. The van der Waals surface area contributed by atoms with Gasteiger partial charge in [-0.1, -0.05) is 12.8 Å². The van der Waals surface area contributed by atoms with Crippen molar-refractivity contribution < 1.29 is 18.3 Å². The van der Waals surface area contributed by atoms with Crippen LogP contribution in [0.25, 0.3) is 0 Å². The van der Waals surface area contributed by atoms with E-state index in [2.05, 4.69) is 20.4 Å². The number of nitrogens with one attached hydrogen (secondary N) is 2. The summed E-state index contributed by atoms with van der Waals surface area (Å²) >= 11 is 0. The van der Waals surface area contributed by atoms with Crippen molar-refractivity contribution in [3.63, 3.8) is 0 Å². The van der Waals surface area contributed by atoms with E-state index < -0.39 is 6.61 Å².